The number of benzene rings is 2. The summed E-state index contributed by atoms with van der Waals surface area (Å²) in [6.45, 7) is 0. The van der Waals surface area contributed by atoms with Crippen LogP contribution in [0.15, 0.2) is 63.8 Å². The SMILES string of the molecule is O=P(O)(O)c1ccccc1N=Nc1cc(S(=O)(=O)O)c2cccnc2c1O. The zero-order chi connectivity index (χ0) is 19.8. The van der Waals surface area contributed by atoms with E-state index in [0.29, 0.717) is 0 Å². The van der Waals surface area contributed by atoms with Gasteiger partial charge in [0.05, 0.1) is 5.30 Å². The van der Waals surface area contributed by atoms with Gasteiger partial charge in [-0.2, -0.15) is 8.42 Å². The van der Waals surface area contributed by atoms with E-state index in [9.17, 15) is 32.4 Å². The molecule has 0 spiro atoms. The van der Waals surface area contributed by atoms with Crippen molar-refractivity contribution in [2.45, 2.75) is 4.90 Å². The Hall–Kier alpha value is -2.69. The Balaban J connectivity index is 2.21. The summed E-state index contributed by atoms with van der Waals surface area (Å²) >= 11 is 0. The first-order valence-corrected chi connectivity index (χ1v) is 10.3. The van der Waals surface area contributed by atoms with Crippen LogP contribution in [0, 0.1) is 0 Å². The van der Waals surface area contributed by atoms with Gasteiger partial charge in [0.15, 0.2) is 5.75 Å². The van der Waals surface area contributed by atoms with Crippen molar-refractivity contribution in [3.05, 3.63) is 48.7 Å². The molecule has 0 unspecified atom stereocenters. The molecule has 0 atom stereocenters. The van der Waals surface area contributed by atoms with E-state index in [1.807, 2.05) is 0 Å². The number of aromatic hydroxyl groups is 1. The van der Waals surface area contributed by atoms with Gasteiger partial charge in [-0.1, -0.05) is 12.1 Å². The quantitative estimate of drug-likeness (QED) is 0.289. The molecule has 0 aliphatic rings. The minimum Gasteiger partial charge on any atom is -0.504 e. The van der Waals surface area contributed by atoms with Crippen LogP contribution >= 0.6 is 7.60 Å². The molecule has 12 heteroatoms. The van der Waals surface area contributed by atoms with Gasteiger partial charge >= 0.3 is 7.60 Å². The highest BCUT2D eigenvalue weighted by Crippen LogP contribution is 2.40. The molecule has 0 aliphatic heterocycles. The second-order valence-electron chi connectivity index (χ2n) is 5.35. The number of hydrogen-bond acceptors (Lipinski definition) is 7. The van der Waals surface area contributed by atoms with E-state index in [4.69, 9.17) is 0 Å². The van der Waals surface area contributed by atoms with E-state index in [1.165, 1.54) is 42.6 Å². The second-order valence-corrected chi connectivity index (χ2v) is 8.31. The van der Waals surface area contributed by atoms with Crippen molar-refractivity contribution in [3.63, 3.8) is 0 Å². The number of pyridine rings is 1. The molecule has 0 amide bonds. The normalized spacial score (nSPS) is 12.7. The van der Waals surface area contributed by atoms with E-state index in [-0.39, 0.29) is 27.6 Å². The first-order valence-electron chi connectivity index (χ1n) is 7.24. The lowest BCUT2D eigenvalue weighted by atomic mass is 10.2. The fourth-order valence-electron chi connectivity index (χ4n) is 2.38. The van der Waals surface area contributed by atoms with Gasteiger partial charge in [-0.05, 0) is 30.3 Å². The third-order valence-electron chi connectivity index (χ3n) is 3.55. The minimum atomic E-state index is -4.66. The summed E-state index contributed by atoms with van der Waals surface area (Å²) in [6.07, 6.45) is 1.31. The fourth-order valence-corrected chi connectivity index (χ4v) is 3.78. The highest BCUT2D eigenvalue weighted by atomic mass is 32.2. The maximum Gasteiger partial charge on any atom is 0.358 e. The van der Waals surface area contributed by atoms with Crippen molar-refractivity contribution in [2.24, 2.45) is 10.2 Å². The second kappa shape index (κ2) is 6.80. The van der Waals surface area contributed by atoms with Gasteiger partial charge in [0, 0.05) is 11.6 Å². The van der Waals surface area contributed by atoms with Crippen molar-refractivity contribution in [2.75, 3.05) is 0 Å². The summed E-state index contributed by atoms with van der Waals surface area (Å²) in [4.78, 5) is 22.0. The molecule has 2 aromatic carbocycles. The predicted octanol–water partition coefficient (Wildman–Crippen LogP) is 2.41. The monoisotopic (exact) mass is 409 g/mol. The summed E-state index contributed by atoms with van der Waals surface area (Å²) in [5.41, 5.74) is -0.654. The minimum absolute atomic E-state index is 0.0212. The van der Waals surface area contributed by atoms with Crippen LogP contribution in [-0.4, -0.2) is 32.8 Å². The van der Waals surface area contributed by atoms with Gasteiger partial charge in [0.25, 0.3) is 10.1 Å². The number of nitrogens with zero attached hydrogens (tertiary/aromatic N) is 3. The van der Waals surface area contributed by atoms with Crippen LogP contribution in [-0.2, 0) is 14.7 Å². The Morgan fingerprint density at radius 2 is 1.67 bits per heavy atom. The average Bonchev–Trinajstić information content (AvgIpc) is 2.60. The topological polar surface area (TPSA) is 170 Å². The standard InChI is InChI=1S/C15H12N3O7PS/c19-15-11(18-17-10-5-1-2-6-12(10)26(20,21)22)8-13(27(23,24)25)9-4-3-7-16-14(9)15/h1-8,19H,(H2,20,21,22)(H,23,24,25). The lowest BCUT2D eigenvalue weighted by Crippen LogP contribution is -2.03. The van der Waals surface area contributed by atoms with Crippen LogP contribution < -0.4 is 5.30 Å². The maximum absolute atomic E-state index is 11.6. The molecule has 4 N–H and O–H groups in total. The molecule has 0 fully saturated rings. The van der Waals surface area contributed by atoms with Crippen LogP contribution in [0.25, 0.3) is 10.9 Å². The number of aromatic nitrogens is 1. The number of rotatable bonds is 4. The number of azo groups is 1. The molecule has 10 nitrogen and oxygen atoms in total. The summed E-state index contributed by atoms with van der Waals surface area (Å²) in [6, 6.07) is 8.99. The van der Waals surface area contributed by atoms with Crippen molar-refractivity contribution >= 4 is 45.3 Å². The molecular weight excluding hydrogens is 397 g/mol. The Kier molecular flexibility index (Phi) is 4.81. The Morgan fingerprint density at radius 1 is 1.00 bits per heavy atom. The Labute approximate surface area is 152 Å². The van der Waals surface area contributed by atoms with Crippen molar-refractivity contribution < 1.29 is 32.4 Å². The zero-order valence-corrected chi connectivity index (χ0v) is 15.0. The third-order valence-corrected chi connectivity index (χ3v) is 5.45. The van der Waals surface area contributed by atoms with Gasteiger partial charge < -0.3 is 14.9 Å². The average molecular weight is 409 g/mol. The number of hydrogen-bond donors (Lipinski definition) is 4. The molecule has 0 aliphatic carbocycles. The van der Waals surface area contributed by atoms with Gasteiger partial charge in [0.2, 0.25) is 0 Å². The smallest absolute Gasteiger partial charge is 0.358 e. The Morgan fingerprint density at radius 3 is 2.33 bits per heavy atom. The molecule has 0 radical (unpaired) electrons. The molecule has 140 valence electrons. The van der Waals surface area contributed by atoms with Crippen LogP contribution in [0.3, 0.4) is 0 Å². The van der Waals surface area contributed by atoms with E-state index >= 15 is 0 Å². The largest absolute Gasteiger partial charge is 0.504 e. The zero-order valence-electron chi connectivity index (χ0n) is 13.3. The lowest BCUT2D eigenvalue weighted by Gasteiger charge is -2.08. The predicted molar refractivity (Wildman–Crippen MR) is 95.5 cm³/mol. The molecule has 1 aromatic heterocycles. The summed E-state index contributed by atoms with van der Waals surface area (Å²) in [5, 5.41) is 17.3. The van der Waals surface area contributed by atoms with Gasteiger partial charge in [0.1, 0.15) is 21.8 Å². The van der Waals surface area contributed by atoms with Crippen molar-refractivity contribution in [3.8, 4) is 5.75 Å². The van der Waals surface area contributed by atoms with Gasteiger partial charge in [-0.3, -0.25) is 14.1 Å². The molecule has 27 heavy (non-hydrogen) atoms. The fraction of sp³-hybridized carbons (Fsp3) is 0. The van der Waals surface area contributed by atoms with Crippen molar-refractivity contribution in [1.82, 2.24) is 4.98 Å². The van der Waals surface area contributed by atoms with Crippen LogP contribution in [0.4, 0.5) is 11.4 Å². The van der Waals surface area contributed by atoms with Gasteiger partial charge in [-0.15, -0.1) is 10.2 Å². The maximum atomic E-state index is 11.6. The van der Waals surface area contributed by atoms with E-state index in [1.54, 1.807) is 0 Å². The van der Waals surface area contributed by atoms with E-state index in [2.05, 4.69) is 15.2 Å². The highest BCUT2D eigenvalue weighted by Gasteiger charge is 2.22. The van der Waals surface area contributed by atoms with E-state index in [0.717, 1.165) is 6.07 Å². The lowest BCUT2D eigenvalue weighted by molar-refractivity contribution is 0.387. The summed E-state index contributed by atoms with van der Waals surface area (Å²) < 4.78 is 44.2. The Bertz CT molecular complexity index is 1220. The highest BCUT2D eigenvalue weighted by molar-refractivity contribution is 7.86. The number of phenols is 1. The summed E-state index contributed by atoms with van der Waals surface area (Å²) in [5.74, 6) is -0.504. The molecule has 3 aromatic rings. The number of fused-ring (bicyclic) bond motifs is 1. The number of phenolic OH excluding ortho intramolecular Hbond substituents is 1. The molecular formula is C15H12N3O7PS. The van der Waals surface area contributed by atoms with E-state index < -0.39 is 28.4 Å². The molecule has 0 saturated heterocycles. The van der Waals surface area contributed by atoms with Gasteiger partial charge in [-0.25, -0.2) is 0 Å². The third kappa shape index (κ3) is 3.87. The van der Waals surface area contributed by atoms with Crippen LogP contribution in [0.1, 0.15) is 0 Å². The van der Waals surface area contributed by atoms with Crippen LogP contribution in [0.5, 0.6) is 5.75 Å². The van der Waals surface area contributed by atoms with Crippen LogP contribution in [0.2, 0.25) is 0 Å². The first kappa shape index (κ1) is 19.1. The summed E-state index contributed by atoms with van der Waals surface area (Å²) in [7, 11) is -9.29. The molecule has 0 bridgehead atoms. The first-order chi connectivity index (χ1) is 12.6. The molecule has 0 saturated carbocycles. The molecule has 3 rings (SSSR count). The molecule has 1 heterocycles. The van der Waals surface area contributed by atoms with Crippen molar-refractivity contribution in [1.29, 1.82) is 0 Å².